The summed E-state index contributed by atoms with van der Waals surface area (Å²) in [6.07, 6.45) is 0. The lowest BCUT2D eigenvalue weighted by Crippen LogP contribution is -2.22. The first kappa shape index (κ1) is 19.3. The molecule has 0 unspecified atom stereocenters. The van der Waals surface area contributed by atoms with Gasteiger partial charge in [0, 0.05) is 16.3 Å². The molecule has 2 heteroatoms. The van der Waals surface area contributed by atoms with E-state index in [1.807, 2.05) is 83.4 Å². The lowest BCUT2D eigenvalue weighted by atomic mass is 9.93. The summed E-state index contributed by atoms with van der Waals surface area (Å²) in [5, 5.41) is 3.83. The molecule has 0 fully saturated rings. The lowest BCUT2D eigenvalue weighted by Gasteiger charge is -2.21. The van der Waals surface area contributed by atoms with Crippen molar-refractivity contribution in [1.82, 2.24) is 4.57 Å². The van der Waals surface area contributed by atoms with Gasteiger partial charge in [0.25, 0.3) is 5.56 Å². The number of rotatable bonds is 3. The van der Waals surface area contributed by atoms with Crippen LogP contribution in [0.1, 0.15) is 0 Å². The zero-order valence-corrected chi connectivity index (χ0v) is 18.0. The van der Waals surface area contributed by atoms with Crippen molar-refractivity contribution in [2.45, 2.75) is 0 Å². The normalized spacial score (nSPS) is 11.2. The Morgan fingerprint density at radius 1 is 0.455 bits per heavy atom. The Morgan fingerprint density at radius 2 is 1.00 bits per heavy atom. The van der Waals surface area contributed by atoms with Crippen molar-refractivity contribution < 1.29 is 0 Å². The molecule has 0 saturated carbocycles. The van der Waals surface area contributed by atoms with Crippen molar-refractivity contribution in [2.24, 2.45) is 0 Å². The third-order valence-electron chi connectivity index (χ3n) is 6.21. The molecule has 1 aromatic heterocycles. The summed E-state index contributed by atoms with van der Waals surface area (Å²) in [5.74, 6) is 0. The molecule has 0 aliphatic carbocycles. The van der Waals surface area contributed by atoms with Gasteiger partial charge in [-0.1, -0.05) is 115 Å². The van der Waals surface area contributed by atoms with E-state index < -0.39 is 0 Å². The van der Waals surface area contributed by atoms with Gasteiger partial charge in [0.15, 0.2) is 0 Å². The molecule has 0 bridgehead atoms. The number of benzene rings is 5. The first-order chi connectivity index (χ1) is 16.3. The highest BCUT2D eigenvalue weighted by Gasteiger charge is 2.21. The van der Waals surface area contributed by atoms with E-state index in [-0.39, 0.29) is 5.56 Å². The molecule has 5 aromatic carbocycles. The van der Waals surface area contributed by atoms with E-state index in [2.05, 4.69) is 48.5 Å². The third-order valence-corrected chi connectivity index (χ3v) is 6.21. The second-order valence-electron chi connectivity index (χ2n) is 8.14. The van der Waals surface area contributed by atoms with Crippen LogP contribution in [0.4, 0.5) is 0 Å². The van der Waals surface area contributed by atoms with E-state index in [0.29, 0.717) is 5.39 Å². The van der Waals surface area contributed by atoms with E-state index in [0.717, 1.165) is 44.2 Å². The number of aromatic nitrogens is 1. The number of nitrogens with zero attached hydrogens (tertiary/aromatic N) is 1. The van der Waals surface area contributed by atoms with Gasteiger partial charge in [-0.2, -0.15) is 0 Å². The van der Waals surface area contributed by atoms with Crippen molar-refractivity contribution in [3.63, 3.8) is 0 Å². The fourth-order valence-corrected chi connectivity index (χ4v) is 4.75. The van der Waals surface area contributed by atoms with Crippen molar-refractivity contribution in [1.29, 1.82) is 0 Å². The van der Waals surface area contributed by atoms with Crippen LogP contribution in [0.15, 0.2) is 132 Å². The molecule has 6 aromatic rings. The maximum atomic E-state index is 14.1. The Bertz CT molecular complexity index is 1660. The van der Waals surface area contributed by atoms with E-state index in [1.165, 1.54) is 0 Å². The van der Waals surface area contributed by atoms with Crippen LogP contribution in [0.25, 0.3) is 49.6 Å². The second-order valence-corrected chi connectivity index (χ2v) is 8.14. The van der Waals surface area contributed by atoms with E-state index in [4.69, 9.17) is 0 Å². The van der Waals surface area contributed by atoms with Crippen LogP contribution in [-0.2, 0) is 0 Å². The van der Waals surface area contributed by atoms with Gasteiger partial charge >= 0.3 is 0 Å². The molecule has 33 heavy (non-hydrogen) atoms. The molecule has 6 rings (SSSR count). The zero-order chi connectivity index (χ0) is 22.2. The SMILES string of the molecule is O=c1c2ccccc2c(-c2ccccc2)c(-c2ccccc2)n1-c1cccc2ccccc12. The number of pyridine rings is 1. The molecule has 0 N–H and O–H groups in total. The minimum absolute atomic E-state index is 0.0134. The Labute approximate surface area is 192 Å². The van der Waals surface area contributed by atoms with E-state index >= 15 is 0 Å². The smallest absolute Gasteiger partial charge is 0.263 e. The third kappa shape index (κ3) is 3.16. The predicted molar refractivity (Wildman–Crippen MR) is 138 cm³/mol. The summed E-state index contributed by atoms with van der Waals surface area (Å²) < 4.78 is 1.91. The van der Waals surface area contributed by atoms with Crippen LogP contribution >= 0.6 is 0 Å². The van der Waals surface area contributed by atoms with Crippen molar-refractivity contribution >= 4 is 21.5 Å². The first-order valence-electron chi connectivity index (χ1n) is 11.1. The van der Waals surface area contributed by atoms with Crippen LogP contribution in [0, 0.1) is 0 Å². The molecule has 0 amide bonds. The molecule has 0 atom stereocenters. The van der Waals surface area contributed by atoms with Gasteiger partial charge in [-0.05, 0) is 34.0 Å². The Morgan fingerprint density at radius 3 is 1.73 bits per heavy atom. The van der Waals surface area contributed by atoms with Gasteiger partial charge in [0.2, 0.25) is 0 Å². The molecule has 0 spiro atoms. The summed E-state index contributed by atoms with van der Waals surface area (Å²) in [4.78, 5) is 14.1. The molecule has 0 radical (unpaired) electrons. The highest BCUT2D eigenvalue weighted by atomic mass is 16.1. The van der Waals surface area contributed by atoms with Gasteiger partial charge in [-0.15, -0.1) is 0 Å². The summed E-state index contributed by atoms with van der Waals surface area (Å²) in [7, 11) is 0. The van der Waals surface area contributed by atoms with Crippen molar-refractivity contribution in [2.75, 3.05) is 0 Å². The monoisotopic (exact) mass is 423 g/mol. The average molecular weight is 424 g/mol. The maximum absolute atomic E-state index is 14.1. The fourth-order valence-electron chi connectivity index (χ4n) is 4.75. The minimum atomic E-state index is -0.0134. The Kier molecular flexibility index (Phi) is 4.63. The van der Waals surface area contributed by atoms with Gasteiger partial charge in [0.05, 0.1) is 11.4 Å². The Hall–Kier alpha value is -4.43. The maximum Gasteiger partial charge on any atom is 0.263 e. The van der Waals surface area contributed by atoms with E-state index in [1.54, 1.807) is 0 Å². The summed E-state index contributed by atoms with van der Waals surface area (Å²) in [5.41, 5.74) is 4.93. The van der Waals surface area contributed by atoms with Crippen LogP contribution in [0.5, 0.6) is 0 Å². The van der Waals surface area contributed by atoms with Gasteiger partial charge in [-0.3, -0.25) is 9.36 Å². The molecule has 2 nitrogen and oxygen atoms in total. The van der Waals surface area contributed by atoms with E-state index in [9.17, 15) is 4.79 Å². The van der Waals surface area contributed by atoms with Crippen LogP contribution < -0.4 is 5.56 Å². The van der Waals surface area contributed by atoms with Crippen LogP contribution in [0.3, 0.4) is 0 Å². The van der Waals surface area contributed by atoms with Crippen LogP contribution in [0.2, 0.25) is 0 Å². The number of hydrogen-bond acceptors (Lipinski definition) is 1. The summed E-state index contributed by atoms with van der Waals surface area (Å²) in [6, 6.07) is 42.9. The zero-order valence-electron chi connectivity index (χ0n) is 18.0. The van der Waals surface area contributed by atoms with Crippen molar-refractivity contribution in [3.05, 3.63) is 138 Å². The van der Waals surface area contributed by atoms with Crippen LogP contribution in [-0.4, -0.2) is 4.57 Å². The average Bonchev–Trinajstić information content (AvgIpc) is 2.89. The molecule has 0 aliphatic rings. The minimum Gasteiger partial charge on any atom is -0.275 e. The number of fused-ring (bicyclic) bond motifs is 2. The van der Waals surface area contributed by atoms with Gasteiger partial charge in [-0.25, -0.2) is 0 Å². The largest absolute Gasteiger partial charge is 0.275 e. The molecule has 1 heterocycles. The predicted octanol–water partition coefficient (Wildman–Crippen LogP) is 7.48. The second kappa shape index (κ2) is 7.92. The molecular formula is C31H21NO. The standard InChI is InChI=1S/C31H21NO/c33-31-27-20-10-9-19-26(27)29(23-13-3-1-4-14-23)30(24-15-5-2-6-16-24)32(31)28-21-11-17-22-12-7-8-18-25(22)28/h1-21H. The topological polar surface area (TPSA) is 22.0 Å². The fraction of sp³-hybridized carbons (Fsp3) is 0. The molecule has 0 saturated heterocycles. The molecular weight excluding hydrogens is 402 g/mol. The lowest BCUT2D eigenvalue weighted by molar-refractivity contribution is 1.03. The van der Waals surface area contributed by atoms with Crippen molar-refractivity contribution in [3.8, 4) is 28.1 Å². The van der Waals surface area contributed by atoms with Gasteiger partial charge in [0.1, 0.15) is 0 Å². The quantitative estimate of drug-likeness (QED) is 0.289. The first-order valence-corrected chi connectivity index (χ1v) is 11.1. The summed E-state index contributed by atoms with van der Waals surface area (Å²) >= 11 is 0. The number of hydrogen-bond donors (Lipinski definition) is 0. The molecule has 0 aliphatic heterocycles. The molecule has 156 valence electrons. The summed E-state index contributed by atoms with van der Waals surface area (Å²) in [6.45, 7) is 0. The van der Waals surface area contributed by atoms with Gasteiger partial charge < -0.3 is 0 Å². The Balaban J connectivity index is 1.88. The highest BCUT2D eigenvalue weighted by Crippen LogP contribution is 2.38. The highest BCUT2D eigenvalue weighted by molar-refractivity contribution is 6.04.